The zero-order chi connectivity index (χ0) is 20.4. The first-order valence-corrected chi connectivity index (χ1v) is 9.62. The van der Waals surface area contributed by atoms with E-state index in [0.29, 0.717) is 13.2 Å². The van der Waals surface area contributed by atoms with Crippen LogP contribution in [0.5, 0.6) is 11.5 Å². The second kappa shape index (κ2) is 11.7. The molecule has 0 spiro atoms. The molecule has 0 radical (unpaired) electrons. The fourth-order valence-corrected chi connectivity index (χ4v) is 3.32. The largest absolute Gasteiger partial charge is 0.493 e. The van der Waals surface area contributed by atoms with Crippen molar-refractivity contribution >= 4 is 5.96 Å². The van der Waals surface area contributed by atoms with E-state index in [-0.39, 0.29) is 12.1 Å². The van der Waals surface area contributed by atoms with Crippen molar-refractivity contribution in [3.63, 3.8) is 0 Å². The highest BCUT2D eigenvalue weighted by molar-refractivity contribution is 5.80. The number of ether oxygens (including phenoxy) is 4. The molecule has 1 aromatic rings. The minimum absolute atomic E-state index is 0.153. The quantitative estimate of drug-likeness (QED) is 0.483. The van der Waals surface area contributed by atoms with E-state index >= 15 is 0 Å². The van der Waals surface area contributed by atoms with Gasteiger partial charge >= 0.3 is 0 Å². The summed E-state index contributed by atoms with van der Waals surface area (Å²) in [5, 5.41) is 6.79. The fourth-order valence-electron chi connectivity index (χ4n) is 3.32. The van der Waals surface area contributed by atoms with E-state index in [1.54, 1.807) is 28.4 Å². The molecule has 0 bridgehead atoms. The molecule has 1 aromatic carbocycles. The van der Waals surface area contributed by atoms with Gasteiger partial charge in [-0.05, 0) is 24.6 Å². The summed E-state index contributed by atoms with van der Waals surface area (Å²) in [6.45, 7) is 6.62. The van der Waals surface area contributed by atoms with Crippen LogP contribution in [0.4, 0.5) is 0 Å². The summed E-state index contributed by atoms with van der Waals surface area (Å²) < 4.78 is 21.6. The lowest BCUT2D eigenvalue weighted by molar-refractivity contribution is 0.0169. The molecule has 0 saturated carbocycles. The number of nitrogens with zero attached hydrogens (tertiary/aromatic N) is 2. The van der Waals surface area contributed by atoms with Crippen LogP contribution < -0.4 is 20.1 Å². The molecular weight excluding hydrogens is 360 g/mol. The van der Waals surface area contributed by atoms with Crippen LogP contribution in [0.2, 0.25) is 0 Å². The molecule has 1 aliphatic rings. The minimum atomic E-state index is 0.153. The Morgan fingerprint density at radius 1 is 1.18 bits per heavy atom. The highest BCUT2D eigenvalue weighted by Gasteiger charge is 2.24. The molecule has 8 nitrogen and oxygen atoms in total. The van der Waals surface area contributed by atoms with E-state index in [9.17, 15) is 0 Å². The Morgan fingerprint density at radius 3 is 2.50 bits per heavy atom. The topological polar surface area (TPSA) is 76.6 Å². The van der Waals surface area contributed by atoms with E-state index in [2.05, 4.69) is 33.5 Å². The Kier molecular flexibility index (Phi) is 9.33. The number of aliphatic imine (C=N–C) groups is 1. The van der Waals surface area contributed by atoms with Crippen molar-refractivity contribution in [2.45, 2.75) is 19.0 Å². The van der Waals surface area contributed by atoms with Crippen molar-refractivity contribution in [3.8, 4) is 11.5 Å². The molecule has 0 amide bonds. The standard InChI is InChI=1S/C20H34N4O4/c1-15(14-25-3)23-20(21-2)22-13-17(24-8-10-28-11-9-24)16-6-7-18(26-4)19(12-16)27-5/h6-7,12,15,17H,8-11,13-14H2,1-5H3,(H2,21,22,23). The molecule has 1 heterocycles. The Labute approximate surface area is 168 Å². The highest BCUT2D eigenvalue weighted by Crippen LogP contribution is 2.32. The van der Waals surface area contributed by atoms with Crippen molar-refractivity contribution in [2.75, 3.05) is 67.8 Å². The number of rotatable bonds is 9. The fraction of sp³-hybridized carbons (Fsp3) is 0.650. The van der Waals surface area contributed by atoms with Gasteiger partial charge in [-0.1, -0.05) is 6.07 Å². The lowest BCUT2D eigenvalue weighted by atomic mass is 10.0. The van der Waals surface area contributed by atoms with Gasteiger partial charge < -0.3 is 29.6 Å². The summed E-state index contributed by atoms with van der Waals surface area (Å²) in [5.74, 6) is 2.21. The van der Waals surface area contributed by atoms with Gasteiger partial charge in [0.1, 0.15) is 0 Å². The molecule has 28 heavy (non-hydrogen) atoms. The van der Waals surface area contributed by atoms with Gasteiger partial charge in [0.25, 0.3) is 0 Å². The van der Waals surface area contributed by atoms with Gasteiger partial charge in [-0.15, -0.1) is 0 Å². The summed E-state index contributed by atoms with van der Waals surface area (Å²) in [5.41, 5.74) is 1.16. The number of hydrogen-bond donors (Lipinski definition) is 2. The first-order valence-electron chi connectivity index (χ1n) is 9.62. The molecule has 1 aliphatic heterocycles. The van der Waals surface area contributed by atoms with Gasteiger partial charge in [0.05, 0.1) is 40.1 Å². The zero-order valence-corrected chi connectivity index (χ0v) is 17.7. The lowest BCUT2D eigenvalue weighted by Gasteiger charge is -2.35. The monoisotopic (exact) mass is 394 g/mol. The number of guanidine groups is 1. The molecule has 2 N–H and O–H groups in total. The highest BCUT2D eigenvalue weighted by atomic mass is 16.5. The Morgan fingerprint density at radius 2 is 1.89 bits per heavy atom. The summed E-state index contributed by atoms with van der Waals surface area (Å²) in [6, 6.07) is 6.41. The molecule has 2 rings (SSSR count). The Hall–Kier alpha value is -2.03. The summed E-state index contributed by atoms with van der Waals surface area (Å²) >= 11 is 0. The number of methoxy groups -OCH3 is 3. The lowest BCUT2D eigenvalue weighted by Crippen LogP contribution is -2.48. The van der Waals surface area contributed by atoms with E-state index in [1.165, 1.54) is 0 Å². The van der Waals surface area contributed by atoms with Gasteiger partial charge in [-0.2, -0.15) is 0 Å². The molecule has 1 saturated heterocycles. The summed E-state index contributed by atoms with van der Waals surface area (Å²) in [7, 11) is 6.77. The maximum Gasteiger partial charge on any atom is 0.191 e. The minimum Gasteiger partial charge on any atom is -0.493 e. The number of benzene rings is 1. The number of hydrogen-bond acceptors (Lipinski definition) is 6. The maximum absolute atomic E-state index is 5.54. The second-order valence-electron chi connectivity index (χ2n) is 6.73. The van der Waals surface area contributed by atoms with Gasteiger partial charge in [-0.3, -0.25) is 9.89 Å². The second-order valence-corrected chi connectivity index (χ2v) is 6.73. The SMILES string of the molecule is CN=C(NCC(c1ccc(OC)c(OC)c1)N1CCOCC1)NC(C)COC. The summed E-state index contributed by atoms with van der Waals surface area (Å²) in [6.07, 6.45) is 0. The number of morpholine rings is 1. The third-order valence-electron chi connectivity index (χ3n) is 4.77. The van der Waals surface area contributed by atoms with Crippen molar-refractivity contribution in [2.24, 2.45) is 4.99 Å². The molecule has 158 valence electrons. The van der Waals surface area contributed by atoms with Crippen molar-refractivity contribution < 1.29 is 18.9 Å². The maximum atomic E-state index is 5.54. The molecule has 0 aromatic heterocycles. The first-order chi connectivity index (χ1) is 13.6. The average molecular weight is 395 g/mol. The van der Waals surface area contributed by atoms with Crippen LogP contribution in [-0.4, -0.2) is 84.7 Å². The van der Waals surface area contributed by atoms with Crippen molar-refractivity contribution in [3.05, 3.63) is 23.8 Å². The van der Waals surface area contributed by atoms with Crippen LogP contribution in [0.15, 0.2) is 23.2 Å². The molecule has 0 aliphatic carbocycles. The van der Waals surface area contributed by atoms with E-state index < -0.39 is 0 Å². The van der Waals surface area contributed by atoms with Crippen LogP contribution in [0.1, 0.15) is 18.5 Å². The smallest absolute Gasteiger partial charge is 0.191 e. The predicted molar refractivity (Wildman–Crippen MR) is 111 cm³/mol. The van der Waals surface area contributed by atoms with Crippen LogP contribution in [0, 0.1) is 0 Å². The van der Waals surface area contributed by atoms with E-state index in [4.69, 9.17) is 18.9 Å². The number of nitrogens with one attached hydrogen (secondary N) is 2. The first kappa shape index (κ1) is 22.3. The van der Waals surface area contributed by atoms with E-state index in [0.717, 1.165) is 49.3 Å². The van der Waals surface area contributed by atoms with Gasteiger partial charge in [0.15, 0.2) is 17.5 Å². The van der Waals surface area contributed by atoms with Crippen LogP contribution in [0.3, 0.4) is 0 Å². The van der Waals surface area contributed by atoms with E-state index in [1.807, 2.05) is 12.1 Å². The van der Waals surface area contributed by atoms with Crippen molar-refractivity contribution in [1.82, 2.24) is 15.5 Å². The summed E-state index contributed by atoms with van der Waals surface area (Å²) in [4.78, 5) is 6.75. The van der Waals surface area contributed by atoms with Crippen LogP contribution >= 0.6 is 0 Å². The molecule has 2 unspecified atom stereocenters. The Balaban J connectivity index is 2.15. The predicted octanol–water partition coefficient (Wildman–Crippen LogP) is 1.28. The normalized spacial score (nSPS) is 17.7. The molecule has 8 heteroatoms. The zero-order valence-electron chi connectivity index (χ0n) is 17.7. The third-order valence-corrected chi connectivity index (χ3v) is 4.77. The van der Waals surface area contributed by atoms with Gasteiger partial charge in [-0.25, -0.2) is 0 Å². The third kappa shape index (κ3) is 6.25. The average Bonchev–Trinajstić information content (AvgIpc) is 2.73. The van der Waals surface area contributed by atoms with Crippen LogP contribution in [0.25, 0.3) is 0 Å². The Bertz CT molecular complexity index is 620. The van der Waals surface area contributed by atoms with Gasteiger partial charge in [0.2, 0.25) is 0 Å². The molecule has 1 fully saturated rings. The van der Waals surface area contributed by atoms with Crippen molar-refractivity contribution in [1.29, 1.82) is 0 Å². The van der Waals surface area contributed by atoms with Crippen LogP contribution in [-0.2, 0) is 9.47 Å². The molecule has 2 atom stereocenters. The molecular formula is C20H34N4O4. The van der Waals surface area contributed by atoms with Gasteiger partial charge in [0, 0.05) is 39.8 Å².